The first-order valence-corrected chi connectivity index (χ1v) is 11.7. The van der Waals surface area contributed by atoms with Crippen LogP contribution in [0.3, 0.4) is 0 Å². The van der Waals surface area contributed by atoms with E-state index in [9.17, 15) is 15.3 Å². The van der Waals surface area contributed by atoms with Crippen molar-refractivity contribution in [1.82, 2.24) is 15.0 Å². The molecule has 0 radical (unpaired) electrons. The molecule has 9 nitrogen and oxygen atoms in total. The first-order chi connectivity index (χ1) is 16.6. The van der Waals surface area contributed by atoms with Gasteiger partial charge in [0.2, 0.25) is 5.95 Å². The van der Waals surface area contributed by atoms with Gasteiger partial charge in [-0.2, -0.15) is 4.98 Å². The zero-order valence-electron chi connectivity index (χ0n) is 18.4. The standard InChI is InChI=1S/C24H25N5O4S/c1-33-15-8-6-14(7-9-15)26-24-25-11-16(23-28-17-4-2-3-5-19(17)34-23)22(29-24)27-18-10-13(12-30)20(31)21(18)32/h2-9,11,13,18,20-21,30-32H,10,12H2,1H3,(H2,25,26,27,29)/t13-,18-,20-,21+/m1/s1. The lowest BCUT2D eigenvalue weighted by molar-refractivity contribution is 0.00446. The number of hydrogen-bond donors (Lipinski definition) is 5. The van der Waals surface area contributed by atoms with E-state index in [2.05, 4.69) is 20.6 Å². The summed E-state index contributed by atoms with van der Waals surface area (Å²) in [6.07, 6.45) is 0.0595. The number of benzene rings is 2. The molecule has 1 aliphatic carbocycles. The summed E-state index contributed by atoms with van der Waals surface area (Å²) in [5.74, 6) is 1.19. The van der Waals surface area contributed by atoms with Gasteiger partial charge in [0.15, 0.2) is 0 Å². The molecule has 0 amide bonds. The lowest BCUT2D eigenvalue weighted by Crippen LogP contribution is -2.35. The summed E-state index contributed by atoms with van der Waals surface area (Å²) in [6, 6.07) is 14.8. The molecule has 5 rings (SSSR count). The number of ether oxygens (including phenoxy) is 1. The molecule has 0 unspecified atom stereocenters. The van der Waals surface area contributed by atoms with Gasteiger partial charge >= 0.3 is 0 Å². The van der Waals surface area contributed by atoms with Crippen LogP contribution in [0, 0.1) is 5.92 Å². The molecule has 10 heteroatoms. The fourth-order valence-corrected chi connectivity index (χ4v) is 5.10. The molecule has 4 aromatic rings. The van der Waals surface area contributed by atoms with Crippen LogP contribution in [0.25, 0.3) is 20.8 Å². The molecular weight excluding hydrogens is 454 g/mol. The molecule has 2 aromatic heterocycles. The second kappa shape index (κ2) is 9.51. The van der Waals surface area contributed by atoms with Crippen molar-refractivity contribution in [2.24, 2.45) is 5.92 Å². The highest BCUT2D eigenvalue weighted by molar-refractivity contribution is 7.21. The molecular formula is C24H25N5O4S. The van der Waals surface area contributed by atoms with Crippen LogP contribution < -0.4 is 15.4 Å². The molecule has 1 aliphatic rings. The molecule has 5 N–H and O–H groups in total. The zero-order valence-corrected chi connectivity index (χ0v) is 19.2. The van der Waals surface area contributed by atoms with E-state index in [1.54, 1.807) is 13.3 Å². The Kier molecular flexibility index (Phi) is 6.29. The van der Waals surface area contributed by atoms with Crippen LogP contribution in [0.5, 0.6) is 5.75 Å². The molecule has 176 valence electrons. The third kappa shape index (κ3) is 4.40. The average molecular weight is 480 g/mol. The van der Waals surface area contributed by atoms with Crippen molar-refractivity contribution < 1.29 is 20.1 Å². The van der Waals surface area contributed by atoms with E-state index in [1.807, 2.05) is 48.5 Å². The Morgan fingerprint density at radius 3 is 2.56 bits per heavy atom. The maximum absolute atomic E-state index is 10.5. The molecule has 0 bridgehead atoms. The Morgan fingerprint density at radius 2 is 1.85 bits per heavy atom. The van der Waals surface area contributed by atoms with Gasteiger partial charge in [-0.15, -0.1) is 11.3 Å². The van der Waals surface area contributed by atoms with Crippen LogP contribution in [0.15, 0.2) is 54.7 Å². The van der Waals surface area contributed by atoms with Crippen molar-refractivity contribution in [3.63, 3.8) is 0 Å². The van der Waals surface area contributed by atoms with Crippen molar-refractivity contribution in [3.05, 3.63) is 54.7 Å². The van der Waals surface area contributed by atoms with Crippen molar-refractivity contribution in [2.75, 3.05) is 24.4 Å². The Balaban J connectivity index is 1.49. The van der Waals surface area contributed by atoms with Crippen molar-refractivity contribution in [3.8, 4) is 16.3 Å². The van der Waals surface area contributed by atoms with Crippen LogP contribution in [0.4, 0.5) is 17.5 Å². The smallest absolute Gasteiger partial charge is 0.229 e. The second-order valence-electron chi connectivity index (χ2n) is 8.21. The predicted octanol–water partition coefficient (Wildman–Crippen LogP) is 3.02. The van der Waals surface area contributed by atoms with Gasteiger partial charge in [-0.3, -0.25) is 0 Å². The van der Waals surface area contributed by atoms with Crippen LogP contribution >= 0.6 is 11.3 Å². The number of anilines is 3. The summed E-state index contributed by atoms with van der Waals surface area (Å²) in [4.78, 5) is 13.9. The van der Waals surface area contributed by atoms with E-state index in [4.69, 9.17) is 9.72 Å². The topological polar surface area (TPSA) is 133 Å². The van der Waals surface area contributed by atoms with E-state index >= 15 is 0 Å². The van der Waals surface area contributed by atoms with E-state index in [-0.39, 0.29) is 6.61 Å². The second-order valence-corrected chi connectivity index (χ2v) is 9.24. The first-order valence-electron chi connectivity index (χ1n) is 10.9. The molecule has 1 fully saturated rings. The van der Waals surface area contributed by atoms with Crippen molar-refractivity contribution >= 4 is 39.0 Å². The van der Waals surface area contributed by atoms with Gasteiger partial charge in [0.05, 0.1) is 35.0 Å². The number of aromatic nitrogens is 3. The van der Waals surface area contributed by atoms with Crippen LogP contribution in [-0.2, 0) is 0 Å². The summed E-state index contributed by atoms with van der Waals surface area (Å²) in [7, 11) is 1.61. The highest BCUT2D eigenvalue weighted by atomic mass is 32.1. The first kappa shape index (κ1) is 22.5. The van der Waals surface area contributed by atoms with E-state index < -0.39 is 24.2 Å². The van der Waals surface area contributed by atoms with Crippen LogP contribution in [0.2, 0.25) is 0 Å². The molecule has 0 spiro atoms. The molecule has 2 heterocycles. The van der Waals surface area contributed by atoms with E-state index in [1.165, 1.54) is 11.3 Å². The van der Waals surface area contributed by atoms with Gasteiger partial charge in [0.1, 0.15) is 22.7 Å². The largest absolute Gasteiger partial charge is 0.497 e. The summed E-state index contributed by atoms with van der Waals surface area (Å²) in [5.41, 5.74) is 2.36. The number of aliphatic hydroxyl groups is 3. The molecule has 4 atom stereocenters. The van der Waals surface area contributed by atoms with Gasteiger partial charge < -0.3 is 30.7 Å². The predicted molar refractivity (Wildman–Crippen MR) is 132 cm³/mol. The van der Waals surface area contributed by atoms with Crippen LogP contribution in [-0.4, -0.2) is 62.2 Å². The summed E-state index contributed by atoms with van der Waals surface area (Å²) >= 11 is 1.53. The SMILES string of the molecule is COc1ccc(Nc2ncc(-c3nc4ccccc4s3)c(N[C@@H]3C[C@H](CO)[C@@H](O)[C@H]3O)n2)cc1. The number of thiazole rings is 1. The summed E-state index contributed by atoms with van der Waals surface area (Å²) < 4.78 is 6.24. The van der Waals surface area contributed by atoms with Gasteiger partial charge in [-0.05, 0) is 42.8 Å². The number of rotatable bonds is 7. The Bertz CT molecular complexity index is 1250. The number of aliphatic hydroxyl groups excluding tert-OH is 3. The maximum Gasteiger partial charge on any atom is 0.229 e. The highest BCUT2D eigenvalue weighted by Gasteiger charge is 2.41. The number of nitrogens with zero attached hydrogens (tertiary/aromatic N) is 3. The number of methoxy groups -OCH3 is 1. The van der Waals surface area contributed by atoms with Gasteiger partial charge in [0, 0.05) is 24.4 Å². The Labute approximate surface area is 200 Å². The molecule has 1 saturated carbocycles. The van der Waals surface area contributed by atoms with Gasteiger partial charge in [-0.1, -0.05) is 12.1 Å². The number of hydrogen-bond acceptors (Lipinski definition) is 10. The quantitative estimate of drug-likeness (QED) is 0.271. The van der Waals surface area contributed by atoms with Gasteiger partial charge in [0.25, 0.3) is 0 Å². The minimum absolute atomic E-state index is 0.199. The number of nitrogens with one attached hydrogen (secondary N) is 2. The third-order valence-corrected chi connectivity index (χ3v) is 7.09. The Hall–Kier alpha value is -3.31. The van der Waals surface area contributed by atoms with Crippen molar-refractivity contribution in [1.29, 1.82) is 0 Å². The third-order valence-electron chi connectivity index (χ3n) is 6.02. The molecule has 0 aliphatic heterocycles. The fraction of sp³-hybridized carbons (Fsp3) is 0.292. The maximum atomic E-state index is 10.5. The van der Waals surface area contributed by atoms with Crippen LogP contribution in [0.1, 0.15) is 6.42 Å². The zero-order chi connectivity index (χ0) is 23.7. The summed E-state index contributed by atoms with van der Waals surface area (Å²) in [6.45, 7) is -0.199. The van der Waals surface area contributed by atoms with Gasteiger partial charge in [-0.25, -0.2) is 9.97 Å². The monoisotopic (exact) mass is 479 g/mol. The minimum Gasteiger partial charge on any atom is -0.497 e. The number of fused-ring (bicyclic) bond motifs is 1. The number of para-hydroxylation sites is 1. The fourth-order valence-electron chi connectivity index (χ4n) is 4.12. The van der Waals surface area contributed by atoms with E-state index in [0.717, 1.165) is 26.7 Å². The molecule has 2 aromatic carbocycles. The summed E-state index contributed by atoms with van der Waals surface area (Å²) in [5, 5.41) is 37.5. The molecule has 34 heavy (non-hydrogen) atoms. The lowest BCUT2D eigenvalue weighted by atomic mass is 10.1. The average Bonchev–Trinajstić information content (AvgIpc) is 3.41. The normalized spacial score (nSPS) is 22.1. The highest BCUT2D eigenvalue weighted by Crippen LogP contribution is 2.36. The Morgan fingerprint density at radius 1 is 1.06 bits per heavy atom. The molecule has 0 saturated heterocycles. The van der Waals surface area contributed by atoms with E-state index in [0.29, 0.717) is 23.8 Å². The lowest BCUT2D eigenvalue weighted by Gasteiger charge is -2.20. The van der Waals surface area contributed by atoms with Crippen molar-refractivity contribution in [2.45, 2.75) is 24.7 Å². The minimum atomic E-state index is -1.03.